The summed E-state index contributed by atoms with van der Waals surface area (Å²) in [6.45, 7) is 7.04. The largest absolute Gasteiger partial charge is 0.353 e. The highest BCUT2D eigenvalue weighted by molar-refractivity contribution is 7.92. The zero-order chi connectivity index (χ0) is 26.5. The number of halogens is 1. The number of anilines is 5. The van der Waals surface area contributed by atoms with Gasteiger partial charge in [-0.05, 0) is 39.8 Å². The van der Waals surface area contributed by atoms with Gasteiger partial charge in [0.2, 0.25) is 10.0 Å². The summed E-state index contributed by atoms with van der Waals surface area (Å²) in [5.41, 5.74) is 3.77. The number of nitrogens with zero attached hydrogens (tertiary/aromatic N) is 4. The van der Waals surface area contributed by atoms with E-state index in [9.17, 15) is 17.6 Å². The monoisotopic (exact) mass is 517 g/mol. The number of hydroxylamine groups is 1. The number of aryl methyl sites for hydroxylation is 2. The second-order valence-corrected chi connectivity index (χ2v) is 9.99. The quantitative estimate of drug-likeness (QED) is 0.344. The summed E-state index contributed by atoms with van der Waals surface area (Å²) in [6, 6.07) is 6.96. The van der Waals surface area contributed by atoms with Crippen LogP contribution in [0.2, 0.25) is 0 Å². The van der Waals surface area contributed by atoms with Crippen molar-refractivity contribution in [1.82, 2.24) is 20.4 Å². The van der Waals surface area contributed by atoms with E-state index in [1.807, 2.05) is 6.92 Å². The predicted molar refractivity (Wildman–Crippen MR) is 136 cm³/mol. The highest BCUT2D eigenvalue weighted by Crippen LogP contribution is 2.33. The third-order valence-electron chi connectivity index (χ3n) is 5.03. The number of sulfonamides is 1. The Morgan fingerprint density at radius 1 is 1.06 bits per heavy atom. The Bertz CT molecular complexity index is 1350. The SMILES string of the molecule is CCONC(=O)c1cnc(Nc2cc(C)nc(C)n2)cc1Nc1ccc(F)cc1N(C)S(=O)(=O)CC. The lowest BCUT2D eigenvalue weighted by atomic mass is 10.2. The third kappa shape index (κ3) is 6.43. The molecule has 0 aliphatic heterocycles. The lowest BCUT2D eigenvalue weighted by Gasteiger charge is -2.23. The third-order valence-corrected chi connectivity index (χ3v) is 6.79. The van der Waals surface area contributed by atoms with Crippen LogP contribution in [0, 0.1) is 19.7 Å². The van der Waals surface area contributed by atoms with Crippen LogP contribution < -0.4 is 20.4 Å². The molecule has 36 heavy (non-hydrogen) atoms. The average Bonchev–Trinajstić information content (AvgIpc) is 2.82. The van der Waals surface area contributed by atoms with Crippen molar-refractivity contribution in [2.75, 3.05) is 34.3 Å². The van der Waals surface area contributed by atoms with E-state index in [0.29, 0.717) is 17.5 Å². The van der Waals surface area contributed by atoms with Gasteiger partial charge >= 0.3 is 0 Å². The van der Waals surface area contributed by atoms with Crippen molar-refractivity contribution in [3.8, 4) is 0 Å². The minimum Gasteiger partial charge on any atom is -0.353 e. The fourth-order valence-corrected chi connectivity index (χ4v) is 4.11. The van der Waals surface area contributed by atoms with Crippen molar-refractivity contribution >= 4 is 44.6 Å². The van der Waals surface area contributed by atoms with Crippen molar-refractivity contribution in [2.45, 2.75) is 27.7 Å². The van der Waals surface area contributed by atoms with Gasteiger partial charge in [-0.1, -0.05) is 0 Å². The Morgan fingerprint density at radius 3 is 2.47 bits per heavy atom. The predicted octanol–water partition coefficient (Wildman–Crippen LogP) is 3.58. The van der Waals surface area contributed by atoms with E-state index in [1.165, 1.54) is 32.3 Å². The Balaban J connectivity index is 2.06. The first-order chi connectivity index (χ1) is 17.0. The first kappa shape index (κ1) is 26.8. The number of rotatable bonds is 10. The molecule has 2 heterocycles. The van der Waals surface area contributed by atoms with Crippen LogP contribution in [0.25, 0.3) is 0 Å². The Hall–Kier alpha value is -3.84. The van der Waals surface area contributed by atoms with Gasteiger partial charge in [-0.2, -0.15) is 0 Å². The number of benzene rings is 1. The lowest BCUT2D eigenvalue weighted by Crippen LogP contribution is -2.29. The van der Waals surface area contributed by atoms with Crippen LogP contribution in [0.5, 0.6) is 0 Å². The van der Waals surface area contributed by atoms with E-state index < -0.39 is 21.7 Å². The summed E-state index contributed by atoms with van der Waals surface area (Å²) in [4.78, 5) is 30.6. The van der Waals surface area contributed by atoms with Gasteiger partial charge < -0.3 is 10.6 Å². The van der Waals surface area contributed by atoms with E-state index in [2.05, 4.69) is 31.1 Å². The first-order valence-electron chi connectivity index (χ1n) is 11.1. The summed E-state index contributed by atoms with van der Waals surface area (Å²) >= 11 is 0. The van der Waals surface area contributed by atoms with Crippen LogP contribution in [-0.4, -0.2) is 48.7 Å². The molecule has 11 nitrogen and oxygen atoms in total. The molecule has 1 aromatic carbocycles. The number of nitrogens with one attached hydrogen (secondary N) is 3. The molecule has 3 aromatic rings. The molecule has 3 rings (SSSR count). The van der Waals surface area contributed by atoms with Crippen LogP contribution in [-0.2, 0) is 14.9 Å². The topological polar surface area (TPSA) is 138 Å². The summed E-state index contributed by atoms with van der Waals surface area (Å²) in [7, 11) is -2.36. The summed E-state index contributed by atoms with van der Waals surface area (Å²) < 4.78 is 40.1. The fraction of sp³-hybridized carbons (Fsp3) is 0.304. The van der Waals surface area contributed by atoms with Crippen LogP contribution in [0.4, 0.5) is 33.1 Å². The van der Waals surface area contributed by atoms with Gasteiger partial charge in [-0.15, -0.1) is 0 Å². The molecule has 3 N–H and O–H groups in total. The number of hydrogen-bond donors (Lipinski definition) is 3. The molecule has 13 heteroatoms. The number of carbonyl (C=O) groups excluding carboxylic acids is 1. The van der Waals surface area contributed by atoms with Crippen molar-refractivity contribution in [2.24, 2.45) is 0 Å². The minimum absolute atomic E-state index is 0.0707. The zero-order valence-electron chi connectivity index (χ0n) is 20.6. The summed E-state index contributed by atoms with van der Waals surface area (Å²) in [5.74, 6) is 0.0460. The van der Waals surface area contributed by atoms with Crippen LogP contribution in [0.15, 0.2) is 36.5 Å². The second-order valence-electron chi connectivity index (χ2n) is 7.70. The normalized spacial score (nSPS) is 11.2. The Morgan fingerprint density at radius 2 is 1.81 bits per heavy atom. The standard InChI is InChI=1S/C23H28FN7O4S/c1-6-35-30-23(32)17-13-25-21(29-22-10-14(3)26-15(4)27-22)12-19(17)28-18-9-8-16(24)11-20(18)31(5)36(33,34)7-2/h8-13H,6-7H2,1-5H3,(H,30,32)(H2,25,26,27,28,29). The molecule has 0 aliphatic rings. The summed E-state index contributed by atoms with van der Waals surface area (Å²) in [5, 5.41) is 6.12. The molecule has 2 aromatic heterocycles. The average molecular weight is 518 g/mol. The van der Waals surface area contributed by atoms with Crippen molar-refractivity contribution < 1.29 is 22.4 Å². The molecule has 0 saturated carbocycles. The molecule has 192 valence electrons. The number of pyridine rings is 1. The van der Waals surface area contributed by atoms with Gasteiger partial charge in [-0.25, -0.2) is 33.2 Å². The second kappa shape index (κ2) is 11.3. The fourth-order valence-electron chi connectivity index (χ4n) is 3.27. The molecular formula is C23H28FN7O4S. The maximum atomic E-state index is 14.1. The molecule has 0 radical (unpaired) electrons. The highest BCUT2D eigenvalue weighted by Gasteiger charge is 2.21. The van der Waals surface area contributed by atoms with Gasteiger partial charge in [-0.3, -0.25) is 13.9 Å². The molecular weight excluding hydrogens is 489 g/mol. The Labute approximate surface area is 209 Å². The highest BCUT2D eigenvalue weighted by atomic mass is 32.2. The maximum Gasteiger partial charge on any atom is 0.278 e. The first-order valence-corrected chi connectivity index (χ1v) is 12.7. The van der Waals surface area contributed by atoms with Gasteiger partial charge in [0.05, 0.1) is 35.0 Å². The smallest absolute Gasteiger partial charge is 0.278 e. The molecule has 0 unspecified atom stereocenters. The van der Waals surface area contributed by atoms with Gasteiger partial charge in [0.15, 0.2) is 0 Å². The molecule has 0 saturated heterocycles. The zero-order valence-corrected chi connectivity index (χ0v) is 21.4. The van der Waals surface area contributed by atoms with Crippen LogP contribution >= 0.6 is 0 Å². The molecule has 0 fully saturated rings. The van der Waals surface area contributed by atoms with Crippen LogP contribution in [0.1, 0.15) is 35.7 Å². The molecule has 0 spiro atoms. The van der Waals surface area contributed by atoms with Crippen LogP contribution in [0.3, 0.4) is 0 Å². The maximum absolute atomic E-state index is 14.1. The lowest BCUT2D eigenvalue weighted by molar-refractivity contribution is 0.0365. The number of carbonyl (C=O) groups is 1. The molecule has 0 bridgehead atoms. The van der Waals surface area contributed by atoms with E-state index in [4.69, 9.17) is 4.84 Å². The summed E-state index contributed by atoms with van der Waals surface area (Å²) in [6.07, 6.45) is 1.33. The van der Waals surface area contributed by atoms with E-state index in [1.54, 1.807) is 26.0 Å². The van der Waals surface area contributed by atoms with Crippen molar-refractivity contribution in [3.63, 3.8) is 0 Å². The van der Waals surface area contributed by atoms with E-state index in [-0.39, 0.29) is 35.0 Å². The molecule has 0 aliphatic carbocycles. The number of aromatic nitrogens is 3. The van der Waals surface area contributed by atoms with Crippen molar-refractivity contribution in [3.05, 3.63) is 59.4 Å². The van der Waals surface area contributed by atoms with E-state index >= 15 is 0 Å². The van der Waals surface area contributed by atoms with Gasteiger partial charge in [0, 0.05) is 37.1 Å². The molecule has 0 atom stereocenters. The Kier molecular flexibility index (Phi) is 8.37. The minimum atomic E-state index is -3.69. The van der Waals surface area contributed by atoms with E-state index in [0.717, 1.165) is 16.1 Å². The van der Waals surface area contributed by atoms with Crippen molar-refractivity contribution in [1.29, 1.82) is 0 Å². The number of hydrogen-bond acceptors (Lipinski definition) is 9. The molecule has 1 amide bonds. The van der Waals surface area contributed by atoms with Gasteiger partial charge in [0.1, 0.15) is 23.3 Å². The van der Waals surface area contributed by atoms with Gasteiger partial charge in [0.25, 0.3) is 5.91 Å². The number of amides is 1.